The summed E-state index contributed by atoms with van der Waals surface area (Å²) in [6, 6.07) is 9.63. The summed E-state index contributed by atoms with van der Waals surface area (Å²) in [4.78, 5) is 12.2. The van der Waals surface area contributed by atoms with Crippen LogP contribution in [0.2, 0.25) is 0 Å². The van der Waals surface area contributed by atoms with Crippen molar-refractivity contribution in [2.75, 3.05) is 19.9 Å². The van der Waals surface area contributed by atoms with Crippen LogP contribution in [0.25, 0.3) is 11.0 Å². The monoisotopic (exact) mass is 406 g/mol. The molecule has 0 bridgehead atoms. The Balaban J connectivity index is 1.35. The fraction of sp³-hybridized carbons (Fsp3) is 0.188. The first kappa shape index (κ1) is 17.6. The van der Waals surface area contributed by atoms with Crippen molar-refractivity contribution < 1.29 is 22.7 Å². The number of rotatable bonds is 6. The van der Waals surface area contributed by atoms with E-state index in [-0.39, 0.29) is 30.7 Å². The quantitative estimate of drug-likeness (QED) is 0.589. The van der Waals surface area contributed by atoms with Gasteiger partial charge < -0.3 is 14.8 Å². The average Bonchev–Trinajstić information content (AvgIpc) is 3.32. The maximum Gasteiger partial charge on any atom is 0.251 e. The Labute approximate surface area is 158 Å². The lowest BCUT2D eigenvalue weighted by Gasteiger charge is -2.09. The molecule has 0 saturated heterocycles. The molecule has 0 unspecified atom stereocenters. The second kappa shape index (κ2) is 7.10. The zero-order valence-electron chi connectivity index (χ0n) is 13.8. The van der Waals surface area contributed by atoms with Crippen molar-refractivity contribution in [3.8, 4) is 11.5 Å². The predicted molar refractivity (Wildman–Crippen MR) is 97.5 cm³/mol. The summed E-state index contributed by atoms with van der Waals surface area (Å²) in [5, 5.41) is 2.66. The molecule has 2 heterocycles. The van der Waals surface area contributed by atoms with E-state index in [4.69, 9.17) is 9.47 Å². The summed E-state index contributed by atoms with van der Waals surface area (Å²) in [7, 11) is -3.76. The van der Waals surface area contributed by atoms with Crippen LogP contribution in [0.1, 0.15) is 10.4 Å². The van der Waals surface area contributed by atoms with Crippen LogP contribution in [-0.4, -0.2) is 43.0 Å². The largest absolute Gasteiger partial charge is 0.454 e. The van der Waals surface area contributed by atoms with Crippen LogP contribution in [0, 0.1) is 0 Å². The van der Waals surface area contributed by atoms with Gasteiger partial charge in [-0.3, -0.25) is 4.79 Å². The molecule has 1 amide bonds. The zero-order chi connectivity index (χ0) is 18.9. The maximum atomic E-state index is 12.5. The molecule has 140 valence electrons. The van der Waals surface area contributed by atoms with Crippen LogP contribution in [0.3, 0.4) is 0 Å². The number of hydrogen-bond donors (Lipinski definition) is 2. The Kier molecular flexibility index (Phi) is 4.64. The molecular weight excluding hydrogens is 392 g/mol. The third-order valence-corrected chi connectivity index (χ3v) is 5.91. The summed E-state index contributed by atoms with van der Waals surface area (Å²) in [5.74, 6) is 0.761. The van der Waals surface area contributed by atoms with Crippen molar-refractivity contribution in [2.45, 2.75) is 4.90 Å². The van der Waals surface area contributed by atoms with Gasteiger partial charge >= 0.3 is 0 Å². The van der Waals surface area contributed by atoms with Crippen molar-refractivity contribution >= 4 is 38.7 Å². The molecule has 1 aromatic heterocycles. The van der Waals surface area contributed by atoms with Gasteiger partial charge in [0.05, 0.1) is 11.7 Å². The van der Waals surface area contributed by atoms with Gasteiger partial charge in [-0.05, 0) is 30.3 Å². The Morgan fingerprint density at radius 2 is 1.96 bits per heavy atom. The molecule has 2 aromatic carbocycles. The number of nitrogens with one attached hydrogen (secondary N) is 2. The fourth-order valence-corrected chi connectivity index (χ4v) is 4.37. The highest BCUT2D eigenvalue weighted by Crippen LogP contribution is 2.32. The second-order valence-electron chi connectivity index (χ2n) is 5.61. The number of aromatic nitrogens is 2. The van der Waals surface area contributed by atoms with E-state index < -0.39 is 10.0 Å². The number of carbonyl (C=O) groups excluding carboxylic acids is 1. The number of nitrogens with zero attached hydrogens (tertiary/aromatic N) is 2. The van der Waals surface area contributed by atoms with Crippen molar-refractivity contribution in [3.05, 3.63) is 42.0 Å². The molecule has 0 spiro atoms. The molecule has 0 radical (unpaired) electrons. The number of benzene rings is 2. The minimum Gasteiger partial charge on any atom is -0.454 e. The van der Waals surface area contributed by atoms with Gasteiger partial charge in [-0.25, -0.2) is 13.1 Å². The van der Waals surface area contributed by atoms with Crippen molar-refractivity contribution in [1.29, 1.82) is 0 Å². The number of ether oxygens (including phenoxy) is 2. The molecule has 27 heavy (non-hydrogen) atoms. The summed E-state index contributed by atoms with van der Waals surface area (Å²) < 4.78 is 45.9. The van der Waals surface area contributed by atoms with Crippen LogP contribution in [0.4, 0.5) is 0 Å². The number of sulfonamides is 1. The molecule has 2 N–H and O–H groups in total. The summed E-state index contributed by atoms with van der Waals surface area (Å²) in [6.07, 6.45) is 0. The second-order valence-corrected chi connectivity index (χ2v) is 7.87. The lowest BCUT2D eigenvalue weighted by molar-refractivity contribution is 0.0954. The van der Waals surface area contributed by atoms with Gasteiger partial charge in [-0.15, -0.1) is 0 Å². The first-order valence-electron chi connectivity index (χ1n) is 7.93. The highest BCUT2D eigenvalue weighted by molar-refractivity contribution is 7.89. The zero-order valence-corrected chi connectivity index (χ0v) is 15.5. The van der Waals surface area contributed by atoms with Crippen LogP contribution in [0.15, 0.2) is 41.3 Å². The lowest BCUT2D eigenvalue weighted by atomic mass is 10.2. The number of carbonyl (C=O) groups is 1. The maximum absolute atomic E-state index is 12.5. The Hall–Kier alpha value is -2.76. The smallest absolute Gasteiger partial charge is 0.251 e. The predicted octanol–water partition coefficient (Wildman–Crippen LogP) is 1.13. The molecule has 4 rings (SSSR count). The van der Waals surface area contributed by atoms with Gasteiger partial charge in [-0.1, -0.05) is 6.07 Å². The molecule has 1 aliphatic rings. The molecule has 0 atom stereocenters. The van der Waals surface area contributed by atoms with Crippen LogP contribution >= 0.6 is 11.7 Å². The third-order valence-electron chi connectivity index (χ3n) is 3.88. The fourth-order valence-electron chi connectivity index (χ4n) is 2.58. The van der Waals surface area contributed by atoms with E-state index in [1.165, 1.54) is 6.07 Å². The summed E-state index contributed by atoms with van der Waals surface area (Å²) >= 11 is 0.953. The first-order valence-corrected chi connectivity index (χ1v) is 10.1. The van der Waals surface area contributed by atoms with Crippen molar-refractivity contribution in [3.63, 3.8) is 0 Å². The molecule has 11 heteroatoms. The van der Waals surface area contributed by atoms with E-state index in [2.05, 4.69) is 18.8 Å². The van der Waals surface area contributed by atoms with Gasteiger partial charge in [0.15, 0.2) is 11.5 Å². The molecular formula is C16H14N4O5S2. The third kappa shape index (κ3) is 3.56. The van der Waals surface area contributed by atoms with E-state index in [1.54, 1.807) is 30.3 Å². The summed E-state index contributed by atoms with van der Waals surface area (Å²) in [5.41, 5.74) is 1.26. The van der Waals surface area contributed by atoms with Gasteiger partial charge in [0.25, 0.3) is 5.91 Å². The lowest BCUT2D eigenvalue weighted by Crippen LogP contribution is -2.34. The Morgan fingerprint density at radius 3 is 2.85 bits per heavy atom. The SMILES string of the molecule is O=C(NCCNS(=O)(=O)c1cccc2nsnc12)c1ccc2c(c1)OCO2. The van der Waals surface area contributed by atoms with Gasteiger partial charge in [0, 0.05) is 18.7 Å². The normalized spacial score (nSPS) is 13.0. The van der Waals surface area contributed by atoms with E-state index in [0.29, 0.717) is 28.1 Å². The number of hydrogen-bond acceptors (Lipinski definition) is 8. The molecule has 0 saturated carbocycles. The molecule has 1 aliphatic heterocycles. The Morgan fingerprint density at radius 1 is 1.11 bits per heavy atom. The van der Waals surface area contributed by atoms with Crippen molar-refractivity contribution in [1.82, 2.24) is 18.8 Å². The molecule has 0 aliphatic carbocycles. The average molecular weight is 406 g/mol. The topological polar surface area (TPSA) is 120 Å². The summed E-state index contributed by atoms with van der Waals surface area (Å²) in [6.45, 7) is 0.286. The van der Waals surface area contributed by atoms with Crippen LogP contribution < -0.4 is 19.5 Å². The van der Waals surface area contributed by atoms with E-state index in [0.717, 1.165) is 11.7 Å². The first-order chi connectivity index (χ1) is 13.0. The minimum atomic E-state index is -3.76. The van der Waals surface area contributed by atoms with Crippen LogP contribution in [-0.2, 0) is 10.0 Å². The van der Waals surface area contributed by atoms with Gasteiger partial charge in [0.2, 0.25) is 16.8 Å². The highest BCUT2D eigenvalue weighted by atomic mass is 32.2. The minimum absolute atomic E-state index is 0.0343. The standard InChI is InChI=1S/C16H14N4O5S2/c21-16(10-4-5-12-13(8-10)25-9-24-12)17-6-7-18-27(22,23)14-3-1-2-11-15(14)20-26-19-11/h1-5,8,18H,6-7,9H2,(H,17,21). The van der Waals surface area contributed by atoms with E-state index in [1.807, 2.05) is 0 Å². The van der Waals surface area contributed by atoms with E-state index in [9.17, 15) is 13.2 Å². The molecule has 3 aromatic rings. The van der Waals surface area contributed by atoms with E-state index >= 15 is 0 Å². The Bertz CT molecular complexity index is 1110. The number of amides is 1. The van der Waals surface area contributed by atoms with Crippen LogP contribution in [0.5, 0.6) is 11.5 Å². The highest BCUT2D eigenvalue weighted by Gasteiger charge is 2.19. The molecule has 0 fully saturated rings. The number of fused-ring (bicyclic) bond motifs is 2. The van der Waals surface area contributed by atoms with Gasteiger partial charge in [0.1, 0.15) is 15.9 Å². The van der Waals surface area contributed by atoms with Gasteiger partial charge in [-0.2, -0.15) is 8.75 Å². The molecule has 9 nitrogen and oxygen atoms in total. The van der Waals surface area contributed by atoms with Crippen molar-refractivity contribution in [2.24, 2.45) is 0 Å².